The number of benzene rings is 1. The second-order valence-corrected chi connectivity index (χ2v) is 8.53. The second kappa shape index (κ2) is 7.50. The molecule has 0 aliphatic heterocycles. The monoisotopic (exact) mass is 378 g/mol. The van der Waals surface area contributed by atoms with Crippen LogP contribution in [0.25, 0.3) is 0 Å². The Morgan fingerprint density at radius 3 is 2.83 bits per heavy atom. The van der Waals surface area contributed by atoms with E-state index in [0.717, 1.165) is 26.6 Å². The molecule has 24 heavy (non-hydrogen) atoms. The minimum absolute atomic E-state index is 0.0997. The number of anilines is 2. The molecule has 126 valence electrons. The normalized spacial score (nSPS) is 11.0. The smallest absolute Gasteiger partial charge is 0.307 e. The fourth-order valence-corrected chi connectivity index (χ4v) is 4.74. The summed E-state index contributed by atoms with van der Waals surface area (Å²) in [5.74, 6) is 0.801. The van der Waals surface area contributed by atoms with Crippen molar-refractivity contribution in [3.05, 3.63) is 50.1 Å². The Balaban J connectivity index is 1.60. The first-order chi connectivity index (χ1) is 11.5. The molecule has 0 unspecified atom stereocenters. The van der Waals surface area contributed by atoms with E-state index in [-0.39, 0.29) is 4.87 Å². The quantitative estimate of drug-likeness (QED) is 0.651. The molecule has 8 heteroatoms. The van der Waals surface area contributed by atoms with E-state index in [9.17, 15) is 4.79 Å². The van der Waals surface area contributed by atoms with Gasteiger partial charge in [0.1, 0.15) is 0 Å². The number of hydrogen-bond donors (Lipinski definition) is 1. The van der Waals surface area contributed by atoms with E-state index in [1.165, 1.54) is 33.8 Å². The Morgan fingerprint density at radius 1 is 1.25 bits per heavy atom. The van der Waals surface area contributed by atoms with Gasteiger partial charge in [-0.1, -0.05) is 46.6 Å². The zero-order chi connectivity index (χ0) is 17.1. The zero-order valence-electron chi connectivity index (χ0n) is 13.7. The van der Waals surface area contributed by atoms with Gasteiger partial charge in [-0.15, -0.1) is 10.2 Å². The molecule has 0 aliphatic carbocycles. The fraction of sp³-hybridized carbons (Fsp3) is 0.312. The molecule has 5 nitrogen and oxygen atoms in total. The van der Waals surface area contributed by atoms with Crippen LogP contribution in [0.4, 0.5) is 10.8 Å². The van der Waals surface area contributed by atoms with E-state index in [1.54, 1.807) is 16.3 Å². The molecule has 0 atom stereocenters. The predicted molar refractivity (Wildman–Crippen MR) is 103 cm³/mol. The average molecular weight is 379 g/mol. The summed E-state index contributed by atoms with van der Waals surface area (Å²) >= 11 is 4.41. The minimum Gasteiger partial charge on any atom is -0.330 e. The first-order valence-electron chi connectivity index (χ1n) is 7.49. The van der Waals surface area contributed by atoms with Gasteiger partial charge < -0.3 is 9.88 Å². The molecule has 2 heterocycles. The van der Waals surface area contributed by atoms with Crippen LogP contribution in [-0.4, -0.2) is 20.5 Å². The van der Waals surface area contributed by atoms with Crippen LogP contribution in [0.15, 0.2) is 32.7 Å². The van der Waals surface area contributed by atoms with Crippen molar-refractivity contribution in [3.8, 4) is 0 Å². The first-order valence-corrected chi connectivity index (χ1v) is 10.2. The number of thioether (sulfide) groups is 1. The molecular formula is C16H18N4OS3. The summed E-state index contributed by atoms with van der Waals surface area (Å²) < 4.78 is 2.71. The van der Waals surface area contributed by atoms with Crippen molar-refractivity contribution in [2.75, 3.05) is 11.1 Å². The SMILES string of the molecule is Cc1cccc(Nc2nnc(SCCn3c(C)csc3=O)s2)c1C. The van der Waals surface area contributed by atoms with Crippen molar-refractivity contribution >= 4 is 45.3 Å². The fourth-order valence-electron chi connectivity index (χ4n) is 2.22. The van der Waals surface area contributed by atoms with Crippen LogP contribution in [-0.2, 0) is 6.54 Å². The highest BCUT2D eigenvalue weighted by Gasteiger charge is 2.08. The topological polar surface area (TPSA) is 59.8 Å². The van der Waals surface area contributed by atoms with Gasteiger partial charge in [0, 0.05) is 29.1 Å². The Morgan fingerprint density at radius 2 is 2.08 bits per heavy atom. The number of nitrogens with zero attached hydrogens (tertiary/aromatic N) is 3. The molecule has 0 bridgehead atoms. The van der Waals surface area contributed by atoms with E-state index < -0.39 is 0 Å². The van der Waals surface area contributed by atoms with Gasteiger partial charge in [0.2, 0.25) is 5.13 Å². The minimum atomic E-state index is 0.0997. The van der Waals surface area contributed by atoms with Crippen molar-refractivity contribution in [2.24, 2.45) is 0 Å². The highest BCUT2D eigenvalue weighted by atomic mass is 32.2. The van der Waals surface area contributed by atoms with Crippen molar-refractivity contribution in [2.45, 2.75) is 31.7 Å². The Kier molecular flexibility index (Phi) is 5.37. The van der Waals surface area contributed by atoms with Crippen molar-refractivity contribution in [3.63, 3.8) is 0 Å². The third kappa shape index (κ3) is 3.88. The van der Waals surface area contributed by atoms with Crippen LogP contribution in [0.1, 0.15) is 16.8 Å². The number of rotatable bonds is 6. The van der Waals surface area contributed by atoms with Crippen molar-refractivity contribution in [1.82, 2.24) is 14.8 Å². The highest BCUT2D eigenvalue weighted by Crippen LogP contribution is 2.29. The van der Waals surface area contributed by atoms with Crippen LogP contribution in [0, 0.1) is 20.8 Å². The lowest BCUT2D eigenvalue weighted by molar-refractivity contribution is 0.731. The van der Waals surface area contributed by atoms with Gasteiger partial charge in [0.15, 0.2) is 4.34 Å². The van der Waals surface area contributed by atoms with Crippen molar-refractivity contribution in [1.29, 1.82) is 0 Å². The van der Waals surface area contributed by atoms with Crippen LogP contribution >= 0.6 is 34.4 Å². The molecule has 1 N–H and O–H groups in total. The van der Waals surface area contributed by atoms with Gasteiger partial charge >= 0.3 is 4.87 Å². The van der Waals surface area contributed by atoms with Gasteiger partial charge in [0.25, 0.3) is 0 Å². The standard InChI is InChI=1S/C16H18N4OS3/c1-10-5-4-6-13(12(10)3)17-14-18-19-15(24-14)22-8-7-20-11(2)9-23-16(20)21/h4-6,9H,7-8H2,1-3H3,(H,17,18). The molecule has 0 amide bonds. The predicted octanol–water partition coefficient (Wildman–Crippen LogP) is 4.22. The summed E-state index contributed by atoms with van der Waals surface area (Å²) in [7, 11) is 0. The number of thiazole rings is 1. The third-order valence-electron chi connectivity index (χ3n) is 3.77. The maximum atomic E-state index is 11.7. The number of nitrogens with one attached hydrogen (secondary N) is 1. The molecule has 1 aromatic carbocycles. The molecule has 0 fully saturated rings. The molecule has 3 aromatic rings. The van der Waals surface area contributed by atoms with Gasteiger partial charge in [-0.25, -0.2) is 0 Å². The van der Waals surface area contributed by atoms with E-state index in [0.29, 0.717) is 6.54 Å². The summed E-state index contributed by atoms with van der Waals surface area (Å²) in [6.45, 7) is 6.84. The van der Waals surface area contributed by atoms with Gasteiger partial charge in [0.05, 0.1) is 0 Å². The lowest BCUT2D eigenvalue weighted by Gasteiger charge is -2.08. The Hall–Kier alpha value is -1.64. The molecule has 3 rings (SSSR count). The largest absolute Gasteiger partial charge is 0.330 e. The molecule has 0 radical (unpaired) electrons. The van der Waals surface area contributed by atoms with E-state index in [2.05, 4.69) is 35.4 Å². The van der Waals surface area contributed by atoms with Crippen LogP contribution in [0.3, 0.4) is 0 Å². The zero-order valence-corrected chi connectivity index (χ0v) is 16.1. The lowest BCUT2D eigenvalue weighted by atomic mass is 10.1. The van der Waals surface area contributed by atoms with Crippen LogP contribution < -0.4 is 10.2 Å². The van der Waals surface area contributed by atoms with E-state index in [1.807, 2.05) is 24.4 Å². The third-order valence-corrected chi connectivity index (χ3v) is 6.60. The molecule has 0 spiro atoms. The molecule has 2 aromatic heterocycles. The lowest BCUT2D eigenvalue weighted by Crippen LogP contribution is -2.15. The summed E-state index contributed by atoms with van der Waals surface area (Å²) in [6.07, 6.45) is 0. The van der Waals surface area contributed by atoms with Crippen molar-refractivity contribution < 1.29 is 0 Å². The highest BCUT2D eigenvalue weighted by molar-refractivity contribution is 8.01. The second-order valence-electron chi connectivity index (χ2n) is 5.39. The summed E-state index contributed by atoms with van der Waals surface area (Å²) in [4.78, 5) is 11.8. The van der Waals surface area contributed by atoms with E-state index in [4.69, 9.17) is 0 Å². The van der Waals surface area contributed by atoms with Gasteiger partial charge in [-0.05, 0) is 38.0 Å². The van der Waals surface area contributed by atoms with Crippen LogP contribution in [0.2, 0.25) is 0 Å². The molecular weight excluding hydrogens is 360 g/mol. The maximum Gasteiger partial charge on any atom is 0.307 e. The Labute approximate surface area is 152 Å². The number of hydrogen-bond acceptors (Lipinski definition) is 7. The average Bonchev–Trinajstić information content (AvgIpc) is 3.13. The van der Waals surface area contributed by atoms with Crippen LogP contribution in [0.5, 0.6) is 0 Å². The molecule has 0 aliphatic rings. The van der Waals surface area contributed by atoms with Gasteiger partial charge in [-0.3, -0.25) is 4.79 Å². The maximum absolute atomic E-state index is 11.7. The van der Waals surface area contributed by atoms with Gasteiger partial charge in [-0.2, -0.15) is 0 Å². The number of aryl methyl sites for hydroxylation is 2. The summed E-state index contributed by atoms with van der Waals surface area (Å²) in [5.41, 5.74) is 4.54. The summed E-state index contributed by atoms with van der Waals surface area (Å²) in [5, 5.41) is 14.4. The first kappa shape index (κ1) is 17.2. The van der Waals surface area contributed by atoms with E-state index >= 15 is 0 Å². The molecule has 0 saturated heterocycles. The summed E-state index contributed by atoms with van der Waals surface area (Å²) in [6, 6.07) is 6.17. The Bertz CT molecular complexity index is 897. The molecule has 0 saturated carbocycles. The number of aromatic nitrogens is 3.